The number of nitrogens with zero attached hydrogens (tertiary/aromatic N) is 2. The third kappa shape index (κ3) is 8.57. The number of amides is 1. The number of rotatable bonds is 9. The number of carbonyl (C=O) groups is 1. The molecule has 25 heavy (non-hydrogen) atoms. The van der Waals surface area contributed by atoms with Crippen molar-refractivity contribution in [1.82, 2.24) is 15.5 Å². The Kier molecular flexibility index (Phi) is 12.4. The van der Waals surface area contributed by atoms with Crippen molar-refractivity contribution in [2.75, 3.05) is 47.4 Å². The average molecular weight is 468 g/mol. The van der Waals surface area contributed by atoms with E-state index in [0.717, 1.165) is 44.7 Å². The second-order valence-electron chi connectivity index (χ2n) is 7.33. The van der Waals surface area contributed by atoms with E-state index in [1.54, 1.807) is 11.9 Å². The molecule has 0 saturated heterocycles. The molecule has 1 saturated carbocycles. The van der Waals surface area contributed by atoms with Crippen LogP contribution in [0.2, 0.25) is 0 Å². The van der Waals surface area contributed by atoms with Crippen LogP contribution in [0.15, 0.2) is 4.99 Å². The minimum atomic E-state index is -0.283. The van der Waals surface area contributed by atoms with Gasteiger partial charge >= 0.3 is 0 Å². The first-order valence-corrected chi connectivity index (χ1v) is 9.15. The van der Waals surface area contributed by atoms with Crippen LogP contribution in [0.5, 0.6) is 0 Å². The molecule has 7 heteroatoms. The summed E-state index contributed by atoms with van der Waals surface area (Å²) in [6.07, 6.45) is 5.23. The molecule has 148 valence electrons. The minimum absolute atomic E-state index is 0. The fourth-order valence-electron chi connectivity index (χ4n) is 3.13. The first kappa shape index (κ1) is 24.4. The molecule has 1 aliphatic rings. The molecule has 1 rings (SSSR count). The van der Waals surface area contributed by atoms with Gasteiger partial charge in [-0.15, -0.1) is 24.0 Å². The predicted octanol–water partition coefficient (Wildman–Crippen LogP) is 2.48. The Balaban J connectivity index is 0.00000576. The van der Waals surface area contributed by atoms with Gasteiger partial charge in [-0.2, -0.15) is 0 Å². The lowest BCUT2D eigenvalue weighted by atomic mass is 9.84. The number of halogens is 1. The summed E-state index contributed by atoms with van der Waals surface area (Å²) in [6.45, 7) is 7.20. The lowest BCUT2D eigenvalue weighted by Gasteiger charge is -2.31. The van der Waals surface area contributed by atoms with Gasteiger partial charge in [-0.05, 0) is 25.2 Å². The zero-order chi connectivity index (χ0) is 18.0. The molecule has 0 bridgehead atoms. The smallest absolute Gasteiger partial charge is 0.230 e. The minimum Gasteiger partial charge on any atom is -0.380 e. The van der Waals surface area contributed by atoms with Gasteiger partial charge in [0.15, 0.2) is 5.96 Å². The van der Waals surface area contributed by atoms with Crippen LogP contribution in [0.1, 0.15) is 46.0 Å². The summed E-state index contributed by atoms with van der Waals surface area (Å²) in [5, 5.41) is 6.59. The van der Waals surface area contributed by atoms with E-state index in [2.05, 4.69) is 29.5 Å². The monoisotopic (exact) mass is 468 g/mol. The van der Waals surface area contributed by atoms with E-state index in [9.17, 15) is 4.79 Å². The quantitative estimate of drug-likeness (QED) is 0.236. The molecule has 1 fully saturated rings. The van der Waals surface area contributed by atoms with E-state index in [0.29, 0.717) is 25.6 Å². The van der Waals surface area contributed by atoms with Gasteiger partial charge in [-0.25, -0.2) is 0 Å². The van der Waals surface area contributed by atoms with Crippen molar-refractivity contribution >= 4 is 35.8 Å². The Hall–Kier alpha value is -0.570. The molecular formula is C18H37IN4O2. The molecule has 0 aromatic carbocycles. The highest BCUT2D eigenvalue weighted by molar-refractivity contribution is 14.0. The van der Waals surface area contributed by atoms with Gasteiger partial charge in [0, 0.05) is 40.8 Å². The summed E-state index contributed by atoms with van der Waals surface area (Å²) in [6, 6.07) is 0. The lowest BCUT2D eigenvalue weighted by Crippen LogP contribution is -2.49. The first-order chi connectivity index (χ1) is 11.4. The van der Waals surface area contributed by atoms with Crippen LogP contribution in [-0.4, -0.2) is 64.2 Å². The maximum absolute atomic E-state index is 12.6. The Morgan fingerprint density at radius 1 is 1.20 bits per heavy atom. The van der Waals surface area contributed by atoms with Crippen LogP contribution in [0, 0.1) is 11.3 Å². The van der Waals surface area contributed by atoms with Gasteiger partial charge in [0.25, 0.3) is 0 Å². The zero-order valence-electron chi connectivity index (χ0n) is 16.6. The second kappa shape index (κ2) is 12.7. The molecule has 0 atom stereocenters. The topological polar surface area (TPSA) is 66.0 Å². The molecular weight excluding hydrogens is 431 g/mol. The van der Waals surface area contributed by atoms with Crippen LogP contribution in [0.3, 0.4) is 0 Å². The molecule has 0 heterocycles. The number of aliphatic imine (C=N–C) groups is 1. The predicted molar refractivity (Wildman–Crippen MR) is 115 cm³/mol. The van der Waals surface area contributed by atoms with Gasteiger partial charge in [0.1, 0.15) is 0 Å². The summed E-state index contributed by atoms with van der Waals surface area (Å²) in [5.41, 5.74) is -0.283. The molecule has 0 unspecified atom stereocenters. The first-order valence-electron chi connectivity index (χ1n) is 9.15. The van der Waals surface area contributed by atoms with Crippen molar-refractivity contribution < 1.29 is 9.53 Å². The van der Waals surface area contributed by atoms with Gasteiger partial charge in [-0.3, -0.25) is 9.79 Å². The Labute approximate surface area is 170 Å². The van der Waals surface area contributed by atoms with E-state index in [4.69, 9.17) is 4.74 Å². The molecule has 0 spiro atoms. The Bertz CT molecular complexity index is 408. The Morgan fingerprint density at radius 2 is 1.84 bits per heavy atom. The highest BCUT2D eigenvalue weighted by Gasteiger charge is 2.42. The summed E-state index contributed by atoms with van der Waals surface area (Å²) >= 11 is 0. The number of nitrogens with one attached hydrogen (secondary N) is 2. The lowest BCUT2D eigenvalue weighted by molar-refractivity contribution is -0.138. The van der Waals surface area contributed by atoms with Crippen molar-refractivity contribution in [2.45, 2.75) is 46.0 Å². The van der Waals surface area contributed by atoms with Crippen molar-refractivity contribution in [1.29, 1.82) is 0 Å². The van der Waals surface area contributed by atoms with E-state index in [1.807, 2.05) is 14.1 Å². The van der Waals surface area contributed by atoms with Gasteiger partial charge in [0.05, 0.1) is 12.0 Å². The SMILES string of the molecule is CN=C(NCCOCCC(C)C)NCC1(C(=O)N(C)C)CCCC1.I. The van der Waals surface area contributed by atoms with Gasteiger partial charge in [-0.1, -0.05) is 26.7 Å². The van der Waals surface area contributed by atoms with Crippen LogP contribution >= 0.6 is 24.0 Å². The molecule has 0 aliphatic heterocycles. The fourth-order valence-corrected chi connectivity index (χ4v) is 3.13. The van der Waals surface area contributed by atoms with E-state index in [-0.39, 0.29) is 35.3 Å². The summed E-state index contributed by atoms with van der Waals surface area (Å²) in [4.78, 5) is 18.5. The summed E-state index contributed by atoms with van der Waals surface area (Å²) in [7, 11) is 5.43. The number of hydrogen-bond donors (Lipinski definition) is 2. The molecule has 1 aliphatic carbocycles. The molecule has 2 N–H and O–H groups in total. The average Bonchev–Trinajstić information content (AvgIpc) is 3.02. The van der Waals surface area contributed by atoms with Gasteiger partial charge < -0.3 is 20.3 Å². The van der Waals surface area contributed by atoms with Crippen LogP contribution in [0.25, 0.3) is 0 Å². The third-order valence-corrected chi connectivity index (χ3v) is 4.62. The molecule has 1 amide bonds. The van der Waals surface area contributed by atoms with Crippen molar-refractivity contribution in [3.63, 3.8) is 0 Å². The molecule has 0 aromatic heterocycles. The van der Waals surface area contributed by atoms with Gasteiger partial charge in [0.2, 0.25) is 5.91 Å². The number of guanidine groups is 1. The van der Waals surface area contributed by atoms with Crippen molar-refractivity contribution in [2.24, 2.45) is 16.3 Å². The standard InChI is InChI=1S/C18H36N4O2.HI/c1-15(2)8-12-24-13-11-20-17(19-3)21-14-18(9-6-7-10-18)16(23)22(4)5;/h15H,6-14H2,1-5H3,(H2,19,20,21);1H. The van der Waals surface area contributed by atoms with Crippen molar-refractivity contribution in [3.05, 3.63) is 0 Å². The number of ether oxygens (including phenoxy) is 1. The molecule has 0 radical (unpaired) electrons. The maximum Gasteiger partial charge on any atom is 0.230 e. The second-order valence-corrected chi connectivity index (χ2v) is 7.33. The highest BCUT2D eigenvalue weighted by atomic mass is 127. The van der Waals surface area contributed by atoms with Crippen molar-refractivity contribution in [3.8, 4) is 0 Å². The molecule has 6 nitrogen and oxygen atoms in total. The number of hydrogen-bond acceptors (Lipinski definition) is 3. The van der Waals surface area contributed by atoms with Crippen LogP contribution in [-0.2, 0) is 9.53 Å². The largest absolute Gasteiger partial charge is 0.380 e. The van der Waals surface area contributed by atoms with E-state index < -0.39 is 0 Å². The van der Waals surface area contributed by atoms with E-state index in [1.165, 1.54) is 0 Å². The van der Waals surface area contributed by atoms with Crippen LogP contribution < -0.4 is 10.6 Å². The maximum atomic E-state index is 12.6. The third-order valence-electron chi connectivity index (χ3n) is 4.62. The normalized spacial score (nSPS) is 16.5. The van der Waals surface area contributed by atoms with E-state index >= 15 is 0 Å². The highest BCUT2D eigenvalue weighted by Crippen LogP contribution is 2.38. The van der Waals surface area contributed by atoms with Crippen LogP contribution in [0.4, 0.5) is 0 Å². The fraction of sp³-hybridized carbons (Fsp3) is 0.889. The summed E-state index contributed by atoms with van der Waals surface area (Å²) in [5.74, 6) is 1.63. The zero-order valence-corrected chi connectivity index (χ0v) is 18.9. The molecule has 0 aromatic rings. The Morgan fingerprint density at radius 3 is 2.36 bits per heavy atom. The number of carbonyl (C=O) groups excluding carboxylic acids is 1. The summed E-state index contributed by atoms with van der Waals surface area (Å²) < 4.78 is 5.60.